The zero-order valence-corrected chi connectivity index (χ0v) is 22.4. The lowest BCUT2D eigenvalue weighted by molar-refractivity contribution is -0.117. The number of anilines is 2. The molecule has 8 nitrogen and oxygen atoms in total. The highest BCUT2D eigenvalue weighted by molar-refractivity contribution is 7.21. The number of thiazole rings is 1. The second-order valence-corrected chi connectivity index (χ2v) is 11.2. The standard InChI is InChI=1S/C27H18Cl2FN5O3S/c28-16-10-17(30)19(32-24(37)14-2-1-3-15(22(14)29)27(12-31)8-9-27)11-20(16)38-21-7-6-18-25(34-21)39-26(33-18)35-23(36)13-4-5-13/h1-3,6-7,10-11,13H,4-5,8-9H2,(H,32,37)(H,33,35,36). The van der Waals surface area contributed by atoms with E-state index in [0.29, 0.717) is 33.9 Å². The van der Waals surface area contributed by atoms with Crippen molar-refractivity contribution in [3.8, 4) is 17.7 Å². The molecule has 2 heterocycles. The number of aromatic nitrogens is 2. The second kappa shape index (κ2) is 9.75. The van der Waals surface area contributed by atoms with E-state index in [2.05, 4.69) is 26.7 Å². The predicted molar refractivity (Wildman–Crippen MR) is 146 cm³/mol. The van der Waals surface area contributed by atoms with Gasteiger partial charge in [-0.2, -0.15) is 5.26 Å². The van der Waals surface area contributed by atoms with Crippen LogP contribution in [0.4, 0.5) is 15.2 Å². The summed E-state index contributed by atoms with van der Waals surface area (Å²) in [5.74, 6) is -1.19. The van der Waals surface area contributed by atoms with Gasteiger partial charge in [0.15, 0.2) is 5.13 Å². The molecule has 39 heavy (non-hydrogen) atoms. The van der Waals surface area contributed by atoms with E-state index < -0.39 is 17.1 Å². The number of ether oxygens (including phenoxy) is 1. The molecule has 2 N–H and O–H groups in total. The number of hydrogen-bond acceptors (Lipinski definition) is 7. The monoisotopic (exact) mass is 581 g/mol. The maximum atomic E-state index is 14.8. The number of nitrogens with zero attached hydrogens (tertiary/aromatic N) is 3. The van der Waals surface area contributed by atoms with Gasteiger partial charge in [0.05, 0.1) is 32.8 Å². The fourth-order valence-electron chi connectivity index (χ4n) is 4.11. The van der Waals surface area contributed by atoms with Gasteiger partial charge in [0.2, 0.25) is 11.8 Å². The Hall–Kier alpha value is -3.78. The Morgan fingerprint density at radius 3 is 2.64 bits per heavy atom. The van der Waals surface area contributed by atoms with Gasteiger partial charge in [-0.05, 0) is 49.4 Å². The minimum Gasteiger partial charge on any atom is -0.437 e. The van der Waals surface area contributed by atoms with Crippen molar-refractivity contribution in [1.29, 1.82) is 5.26 Å². The average molecular weight is 582 g/mol. The molecule has 0 bridgehead atoms. The van der Waals surface area contributed by atoms with Crippen LogP contribution in [0.1, 0.15) is 41.6 Å². The first-order chi connectivity index (χ1) is 18.8. The third-order valence-corrected chi connectivity index (χ3v) is 8.20. The van der Waals surface area contributed by atoms with E-state index in [-0.39, 0.29) is 44.8 Å². The maximum Gasteiger partial charge on any atom is 0.257 e. The zero-order valence-electron chi connectivity index (χ0n) is 20.1. The number of carbonyl (C=O) groups is 2. The number of fused-ring (bicyclic) bond motifs is 1. The molecule has 2 fully saturated rings. The largest absolute Gasteiger partial charge is 0.437 e. The van der Waals surface area contributed by atoms with Crippen molar-refractivity contribution in [2.24, 2.45) is 5.92 Å². The zero-order chi connectivity index (χ0) is 27.3. The first-order valence-corrected chi connectivity index (χ1v) is 13.6. The Labute approximate surface area is 235 Å². The van der Waals surface area contributed by atoms with Crippen LogP contribution in [-0.4, -0.2) is 21.8 Å². The van der Waals surface area contributed by atoms with Crippen molar-refractivity contribution in [3.63, 3.8) is 0 Å². The lowest BCUT2D eigenvalue weighted by atomic mass is 9.95. The van der Waals surface area contributed by atoms with E-state index in [4.69, 9.17) is 27.9 Å². The quantitative estimate of drug-likeness (QED) is 0.240. The summed E-state index contributed by atoms with van der Waals surface area (Å²) in [6.45, 7) is 0. The fraction of sp³-hybridized carbons (Fsp3) is 0.222. The van der Waals surface area contributed by atoms with Gasteiger partial charge >= 0.3 is 0 Å². The van der Waals surface area contributed by atoms with Crippen LogP contribution in [0.5, 0.6) is 11.6 Å². The summed E-state index contributed by atoms with van der Waals surface area (Å²) in [5, 5.41) is 15.4. The summed E-state index contributed by atoms with van der Waals surface area (Å²) in [6, 6.07) is 12.7. The number of pyridine rings is 1. The van der Waals surface area contributed by atoms with Gasteiger partial charge < -0.3 is 15.4 Å². The number of rotatable bonds is 7. The minimum absolute atomic E-state index is 0.0289. The molecule has 2 aliphatic rings. The van der Waals surface area contributed by atoms with Crippen LogP contribution in [0.25, 0.3) is 10.3 Å². The molecular formula is C27H18Cl2FN5O3S. The summed E-state index contributed by atoms with van der Waals surface area (Å²) in [7, 11) is 0. The second-order valence-electron chi connectivity index (χ2n) is 9.44. The van der Waals surface area contributed by atoms with Crippen LogP contribution >= 0.6 is 34.5 Å². The SMILES string of the molecule is N#CC1(c2cccc(C(=O)Nc3cc(Oc4ccc5nc(NC(=O)C6CC6)sc5n4)c(Cl)cc3F)c2Cl)CC1. The van der Waals surface area contributed by atoms with Crippen molar-refractivity contribution in [3.05, 3.63) is 69.5 Å². The molecule has 0 unspecified atom stereocenters. The maximum absolute atomic E-state index is 14.8. The summed E-state index contributed by atoms with van der Waals surface area (Å²) < 4.78 is 20.6. The number of nitriles is 1. The topological polar surface area (TPSA) is 117 Å². The van der Waals surface area contributed by atoms with E-state index in [9.17, 15) is 19.2 Å². The smallest absolute Gasteiger partial charge is 0.257 e. The van der Waals surface area contributed by atoms with Crippen molar-refractivity contribution in [1.82, 2.24) is 9.97 Å². The molecule has 4 aromatic rings. The van der Waals surface area contributed by atoms with Crippen molar-refractivity contribution < 1.29 is 18.7 Å². The van der Waals surface area contributed by atoms with Crippen LogP contribution in [0.3, 0.4) is 0 Å². The molecule has 2 amide bonds. The Bertz CT molecular complexity index is 1710. The van der Waals surface area contributed by atoms with E-state index in [1.807, 2.05) is 0 Å². The molecule has 0 aliphatic heterocycles. The Morgan fingerprint density at radius 2 is 1.92 bits per heavy atom. The number of amides is 2. The van der Waals surface area contributed by atoms with Gasteiger partial charge in [0.1, 0.15) is 21.9 Å². The van der Waals surface area contributed by atoms with Gasteiger partial charge in [0, 0.05) is 18.1 Å². The van der Waals surface area contributed by atoms with Crippen molar-refractivity contribution >= 4 is 67.5 Å². The van der Waals surface area contributed by atoms with Crippen molar-refractivity contribution in [2.75, 3.05) is 10.6 Å². The number of benzene rings is 2. The minimum atomic E-state index is -0.773. The molecule has 6 rings (SSSR count). The van der Waals surface area contributed by atoms with E-state index in [1.165, 1.54) is 23.5 Å². The fourth-order valence-corrected chi connectivity index (χ4v) is 5.53. The van der Waals surface area contributed by atoms with Gasteiger partial charge in [-0.25, -0.2) is 14.4 Å². The van der Waals surface area contributed by atoms with E-state index in [0.717, 1.165) is 18.9 Å². The molecular weight excluding hydrogens is 564 g/mol. The normalized spacial score (nSPS) is 15.4. The third kappa shape index (κ3) is 5.01. The number of carbonyl (C=O) groups excluding carboxylic acids is 2. The number of hydrogen-bond donors (Lipinski definition) is 2. The van der Waals surface area contributed by atoms with Crippen LogP contribution in [0.2, 0.25) is 10.0 Å². The summed E-state index contributed by atoms with van der Waals surface area (Å²) in [4.78, 5) is 34.4. The Kier molecular flexibility index (Phi) is 6.38. The highest BCUT2D eigenvalue weighted by Gasteiger charge is 2.46. The molecule has 2 aromatic carbocycles. The number of nitrogens with one attached hydrogen (secondary N) is 2. The molecule has 0 spiro atoms. The Morgan fingerprint density at radius 1 is 1.13 bits per heavy atom. The molecule has 2 saturated carbocycles. The predicted octanol–water partition coefficient (Wildman–Crippen LogP) is 7.09. The molecule has 0 radical (unpaired) electrons. The molecule has 0 atom stereocenters. The van der Waals surface area contributed by atoms with Crippen LogP contribution < -0.4 is 15.4 Å². The summed E-state index contributed by atoms with van der Waals surface area (Å²) in [5.41, 5.74) is 0.427. The molecule has 2 aromatic heterocycles. The lowest BCUT2D eigenvalue weighted by Crippen LogP contribution is -2.15. The van der Waals surface area contributed by atoms with E-state index >= 15 is 0 Å². The summed E-state index contributed by atoms with van der Waals surface area (Å²) >= 11 is 13.9. The van der Waals surface area contributed by atoms with Gasteiger partial charge in [-0.1, -0.05) is 46.7 Å². The molecule has 0 saturated heterocycles. The number of halogens is 3. The third-order valence-electron chi connectivity index (χ3n) is 6.62. The van der Waals surface area contributed by atoms with Crippen LogP contribution in [0.15, 0.2) is 42.5 Å². The van der Waals surface area contributed by atoms with Crippen molar-refractivity contribution in [2.45, 2.75) is 31.1 Å². The molecule has 12 heteroatoms. The van der Waals surface area contributed by atoms with Gasteiger partial charge in [-0.3, -0.25) is 9.59 Å². The average Bonchev–Trinajstić information content (AvgIpc) is 3.84. The van der Waals surface area contributed by atoms with Gasteiger partial charge in [0.25, 0.3) is 5.91 Å². The highest BCUT2D eigenvalue weighted by atomic mass is 35.5. The molecule has 2 aliphatic carbocycles. The Balaban J connectivity index is 1.22. The van der Waals surface area contributed by atoms with Crippen LogP contribution in [-0.2, 0) is 10.2 Å². The molecule has 196 valence electrons. The summed E-state index contributed by atoms with van der Waals surface area (Å²) in [6.07, 6.45) is 3.10. The lowest BCUT2D eigenvalue weighted by Gasteiger charge is -2.14. The first-order valence-electron chi connectivity index (χ1n) is 12.0. The van der Waals surface area contributed by atoms with Gasteiger partial charge in [-0.15, -0.1) is 0 Å². The van der Waals surface area contributed by atoms with E-state index in [1.54, 1.807) is 24.3 Å². The highest BCUT2D eigenvalue weighted by Crippen LogP contribution is 2.50. The van der Waals surface area contributed by atoms with Crippen LogP contribution in [0, 0.1) is 23.1 Å². The first kappa shape index (κ1) is 25.5.